The van der Waals surface area contributed by atoms with Gasteiger partial charge in [0.05, 0.1) is 11.8 Å². The second kappa shape index (κ2) is 6.08. The second-order valence-corrected chi connectivity index (χ2v) is 6.30. The molecule has 130 valence electrons. The molecule has 0 saturated heterocycles. The lowest BCUT2D eigenvalue weighted by atomic mass is 10.0. The summed E-state index contributed by atoms with van der Waals surface area (Å²) < 4.78 is 1.59. The average molecular weight is 339 g/mol. The monoisotopic (exact) mass is 339 g/mol. The molecule has 3 rings (SSSR count). The fourth-order valence-electron chi connectivity index (χ4n) is 3.04. The normalized spacial score (nSPS) is 11.0. The molecule has 3 aromatic rings. The maximum Gasteiger partial charge on any atom is 0.273 e. The minimum Gasteiger partial charge on any atom is -0.399 e. The third-order valence-corrected chi connectivity index (χ3v) is 4.45. The molecule has 0 aliphatic carbocycles. The van der Waals surface area contributed by atoms with E-state index in [0.717, 1.165) is 22.4 Å². The molecule has 2 heterocycles. The number of nitrogens with one attached hydrogen (secondary N) is 2. The highest BCUT2D eigenvalue weighted by atomic mass is 16.1. The van der Waals surface area contributed by atoms with E-state index in [0.29, 0.717) is 22.4 Å². The van der Waals surface area contributed by atoms with E-state index in [9.17, 15) is 9.59 Å². The van der Waals surface area contributed by atoms with Crippen molar-refractivity contribution in [3.05, 3.63) is 50.9 Å². The van der Waals surface area contributed by atoms with Gasteiger partial charge in [0.1, 0.15) is 0 Å². The molecule has 0 saturated carbocycles. The van der Waals surface area contributed by atoms with Crippen molar-refractivity contribution < 1.29 is 4.79 Å². The fourth-order valence-corrected chi connectivity index (χ4v) is 3.04. The van der Waals surface area contributed by atoms with E-state index in [-0.39, 0.29) is 17.9 Å². The number of pyridine rings is 1. The zero-order valence-electron chi connectivity index (χ0n) is 14.7. The van der Waals surface area contributed by atoms with Crippen LogP contribution in [0.4, 0.5) is 11.4 Å². The summed E-state index contributed by atoms with van der Waals surface area (Å²) in [6.45, 7) is 5.60. The summed E-state index contributed by atoms with van der Waals surface area (Å²) in [4.78, 5) is 29.1. The summed E-state index contributed by atoms with van der Waals surface area (Å²) in [5.41, 5.74) is 10.7. The molecule has 0 radical (unpaired) electrons. The Kier molecular flexibility index (Phi) is 4.08. The van der Waals surface area contributed by atoms with Crippen LogP contribution in [0.5, 0.6) is 0 Å². The zero-order chi connectivity index (χ0) is 18.3. The van der Waals surface area contributed by atoms with E-state index in [1.165, 1.54) is 0 Å². The Morgan fingerprint density at radius 3 is 2.76 bits per heavy atom. The standard InChI is InChI=1S/C18H21N5O2/c1-9-5-6-12(19)7-14(9)21-15(24)8-13-10(2)16-17(20-11(13)3)23(4)22-18(16)25/h5-7H,8,19H2,1-4H3,(H,21,24)(H,22,25). The fraction of sp³-hybridized carbons (Fsp3) is 0.278. The van der Waals surface area contributed by atoms with Gasteiger partial charge < -0.3 is 11.1 Å². The van der Waals surface area contributed by atoms with Gasteiger partial charge in [0, 0.05) is 24.1 Å². The first-order valence-corrected chi connectivity index (χ1v) is 7.98. The maximum absolute atomic E-state index is 12.5. The van der Waals surface area contributed by atoms with Crippen LogP contribution >= 0.6 is 0 Å². The number of carbonyl (C=O) groups is 1. The topological polar surface area (TPSA) is 106 Å². The van der Waals surface area contributed by atoms with Crippen molar-refractivity contribution in [2.45, 2.75) is 27.2 Å². The Morgan fingerprint density at radius 1 is 1.32 bits per heavy atom. The molecule has 0 aliphatic rings. The molecule has 7 nitrogen and oxygen atoms in total. The summed E-state index contributed by atoms with van der Waals surface area (Å²) in [5, 5.41) is 6.11. The maximum atomic E-state index is 12.5. The molecular formula is C18H21N5O2. The summed E-state index contributed by atoms with van der Waals surface area (Å²) >= 11 is 0. The van der Waals surface area contributed by atoms with Gasteiger partial charge >= 0.3 is 0 Å². The number of hydrogen-bond acceptors (Lipinski definition) is 4. The van der Waals surface area contributed by atoms with E-state index in [4.69, 9.17) is 5.73 Å². The van der Waals surface area contributed by atoms with Crippen molar-refractivity contribution in [3.8, 4) is 0 Å². The van der Waals surface area contributed by atoms with Gasteiger partial charge in [0.25, 0.3) is 5.56 Å². The van der Waals surface area contributed by atoms with Crippen molar-refractivity contribution >= 4 is 28.3 Å². The van der Waals surface area contributed by atoms with E-state index < -0.39 is 0 Å². The Bertz CT molecular complexity index is 1050. The number of rotatable bonds is 3. The van der Waals surface area contributed by atoms with Crippen LogP contribution in [0.2, 0.25) is 0 Å². The van der Waals surface area contributed by atoms with Gasteiger partial charge in [-0.25, -0.2) is 4.98 Å². The lowest BCUT2D eigenvalue weighted by Gasteiger charge is -2.12. The number of fused-ring (bicyclic) bond motifs is 1. The van der Waals surface area contributed by atoms with Crippen LogP contribution in [0.1, 0.15) is 22.4 Å². The van der Waals surface area contributed by atoms with Crippen LogP contribution in [0, 0.1) is 20.8 Å². The second-order valence-electron chi connectivity index (χ2n) is 6.30. The Hall–Kier alpha value is -3.09. The van der Waals surface area contributed by atoms with Gasteiger partial charge in [-0.3, -0.25) is 19.4 Å². The van der Waals surface area contributed by atoms with Gasteiger partial charge in [-0.05, 0) is 49.6 Å². The molecule has 7 heteroatoms. The highest BCUT2D eigenvalue weighted by Gasteiger charge is 2.17. The number of benzene rings is 1. The minimum absolute atomic E-state index is 0.142. The highest BCUT2D eigenvalue weighted by Crippen LogP contribution is 2.22. The summed E-state index contributed by atoms with van der Waals surface area (Å²) in [7, 11) is 1.74. The summed E-state index contributed by atoms with van der Waals surface area (Å²) in [6, 6.07) is 5.38. The molecule has 1 aromatic carbocycles. The Labute approximate surface area is 144 Å². The first kappa shape index (κ1) is 16.8. The lowest BCUT2D eigenvalue weighted by Crippen LogP contribution is -2.17. The van der Waals surface area contributed by atoms with Crippen molar-refractivity contribution in [1.29, 1.82) is 0 Å². The molecule has 0 aliphatic heterocycles. The predicted octanol–water partition coefficient (Wildman–Crippen LogP) is 1.95. The van der Waals surface area contributed by atoms with Gasteiger partial charge in [0.15, 0.2) is 5.65 Å². The van der Waals surface area contributed by atoms with Gasteiger partial charge in [0.2, 0.25) is 5.91 Å². The van der Waals surface area contributed by atoms with Crippen molar-refractivity contribution in [2.24, 2.45) is 7.05 Å². The molecule has 0 atom stereocenters. The quantitative estimate of drug-likeness (QED) is 0.634. The third kappa shape index (κ3) is 3.00. The zero-order valence-corrected chi connectivity index (χ0v) is 14.7. The van der Waals surface area contributed by atoms with Crippen LogP contribution in [0.3, 0.4) is 0 Å². The number of anilines is 2. The number of aryl methyl sites for hydroxylation is 4. The van der Waals surface area contributed by atoms with Gasteiger partial charge in [-0.1, -0.05) is 6.07 Å². The van der Waals surface area contributed by atoms with Crippen LogP contribution in [0.25, 0.3) is 11.0 Å². The van der Waals surface area contributed by atoms with Crippen molar-refractivity contribution in [3.63, 3.8) is 0 Å². The average Bonchev–Trinajstić information content (AvgIpc) is 2.81. The molecule has 0 unspecified atom stereocenters. The van der Waals surface area contributed by atoms with Crippen LogP contribution in [-0.2, 0) is 18.3 Å². The van der Waals surface area contributed by atoms with Crippen LogP contribution in [-0.4, -0.2) is 20.7 Å². The number of H-pyrrole nitrogens is 1. The van der Waals surface area contributed by atoms with Crippen LogP contribution < -0.4 is 16.6 Å². The number of nitrogen functional groups attached to an aromatic ring is 1. The number of hydrogen-bond donors (Lipinski definition) is 3. The smallest absolute Gasteiger partial charge is 0.273 e. The van der Waals surface area contributed by atoms with Crippen molar-refractivity contribution in [1.82, 2.24) is 14.8 Å². The molecular weight excluding hydrogens is 318 g/mol. The number of amides is 1. The first-order valence-electron chi connectivity index (χ1n) is 7.98. The Balaban J connectivity index is 1.95. The predicted molar refractivity (Wildman–Crippen MR) is 98.7 cm³/mol. The van der Waals surface area contributed by atoms with Gasteiger partial charge in [-0.2, -0.15) is 0 Å². The minimum atomic E-state index is -0.198. The van der Waals surface area contributed by atoms with E-state index in [1.54, 1.807) is 23.9 Å². The van der Waals surface area contributed by atoms with E-state index in [2.05, 4.69) is 15.4 Å². The molecule has 4 N–H and O–H groups in total. The molecule has 2 aromatic heterocycles. The highest BCUT2D eigenvalue weighted by molar-refractivity contribution is 5.94. The SMILES string of the molecule is Cc1ccc(N)cc1NC(=O)Cc1c(C)nc2c(c1C)c(=O)[nH]n2C. The third-order valence-electron chi connectivity index (χ3n) is 4.45. The van der Waals surface area contributed by atoms with E-state index >= 15 is 0 Å². The number of aromatic nitrogens is 3. The number of carbonyl (C=O) groups excluding carboxylic acids is 1. The number of aromatic amines is 1. The molecule has 0 spiro atoms. The summed E-state index contributed by atoms with van der Waals surface area (Å²) in [5.74, 6) is -0.173. The van der Waals surface area contributed by atoms with E-state index in [1.807, 2.05) is 26.8 Å². The Morgan fingerprint density at radius 2 is 2.04 bits per heavy atom. The molecule has 1 amide bonds. The van der Waals surface area contributed by atoms with Gasteiger partial charge in [-0.15, -0.1) is 0 Å². The first-order chi connectivity index (χ1) is 11.8. The number of nitrogens with two attached hydrogens (primary N) is 1. The summed E-state index contributed by atoms with van der Waals surface area (Å²) in [6.07, 6.45) is 0.142. The molecule has 0 bridgehead atoms. The van der Waals surface area contributed by atoms with Crippen LogP contribution in [0.15, 0.2) is 23.0 Å². The lowest BCUT2D eigenvalue weighted by molar-refractivity contribution is -0.115. The number of nitrogens with zero attached hydrogens (tertiary/aromatic N) is 2. The van der Waals surface area contributed by atoms with Crippen molar-refractivity contribution in [2.75, 3.05) is 11.1 Å². The molecule has 0 fully saturated rings. The largest absolute Gasteiger partial charge is 0.399 e. The molecule has 25 heavy (non-hydrogen) atoms.